The first-order valence-electron chi connectivity index (χ1n) is 12.8. The van der Waals surface area contributed by atoms with Gasteiger partial charge in [0.15, 0.2) is 10.8 Å². The van der Waals surface area contributed by atoms with Crippen molar-refractivity contribution in [3.8, 4) is 5.75 Å². The van der Waals surface area contributed by atoms with Crippen LogP contribution in [0.25, 0.3) is 0 Å². The fourth-order valence-electron chi connectivity index (χ4n) is 4.79. The van der Waals surface area contributed by atoms with Crippen LogP contribution in [0.1, 0.15) is 17.7 Å². The van der Waals surface area contributed by atoms with Gasteiger partial charge in [0.2, 0.25) is 5.91 Å². The van der Waals surface area contributed by atoms with Crippen LogP contribution in [0.2, 0.25) is 0 Å². The molecule has 0 unspecified atom stereocenters. The number of phenols is 1. The number of carbonyl (C=O) groups excluding carboxylic acids is 5. The molecule has 19 heteroatoms. The molecule has 0 radical (unpaired) electrons. The minimum atomic E-state index is -5.51. The van der Waals surface area contributed by atoms with Gasteiger partial charge in [0.05, 0.1) is 0 Å². The number of nitrogen functional groups attached to an aromatic ring is 1. The molecule has 3 aliphatic heterocycles. The Kier molecular flexibility index (Phi) is 8.57. The third-order valence-electron chi connectivity index (χ3n) is 6.82. The highest BCUT2D eigenvalue weighted by Crippen LogP contribution is 2.42. The normalized spacial score (nSPS) is 21.1. The summed E-state index contributed by atoms with van der Waals surface area (Å²) in [5.74, 6) is -7.12. The Morgan fingerprint density at radius 3 is 2.67 bits per heavy atom. The third kappa shape index (κ3) is 6.34. The van der Waals surface area contributed by atoms with Crippen molar-refractivity contribution in [1.82, 2.24) is 20.1 Å². The smallest absolute Gasteiger partial charge is 0.491 e. The van der Waals surface area contributed by atoms with E-state index in [-0.39, 0.29) is 53.0 Å². The highest BCUT2D eigenvalue weighted by molar-refractivity contribution is 8.00. The Morgan fingerprint density at radius 1 is 1.27 bits per heavy atom. The number of fused-ring (bicyclic) bond motifs is 1. The molecule has 0 aliphatic carbocycles. The molecule has 0 bridgehead atoms. The Hall–Kier alpha value is -4.91. The van der Waals surface area contributed by atoms with E-state index < -0.39 is 58.7 Å². The summed E-state index contributed by atoms with van der Waals surface area (Å²) in [5, 5.41) is 24.7. The van der Waals surface area contributed by atoms with Crippen molar-refractivity contribution in [3.63, 3.8) is 0 Å². The second kappa shape index (κ2) is 12.2. The number of nitrogens with two attached hydrogens (primary N) is 1. The number of esters is 2. The number of halogens is 3. The van der Waals surface area contributed by atoms with Crippen molar-refractivity contribution >= 4 is 63.6 Å². The fraction of sp³-hybridized carbons (Fsp3) is 0.269. The number of thiazole rings is 1. The van der Waals surface area contributed by atoms with Gasteiger partial charge in [-0.2, -0.15) is 13.2 Å². The van der Waals surface area contributed by atoms with Gasteiger partial charge in [-0.1, -0.05) is 17.3 Å². The Bertz CT molecular complexity index is 1700. The number of amides is 3. The number of aromatic hydroxyl groups is 1. The van der Waals surface area contributed by atoms with E-state index in [0.717, 1.165) is 28.0 Å². The molecule has 5 N–H and O–H groups in total. The van der Waals surface area contributed by atoms with Gasteiger partial charge in [-0.05, 0) is 35.8 Å². The van der Waals surface area contributed by atoms with E-state index in [2.05, 4.69) is 20.2 Å². The van der Waals surface area contributed by atoms with E-state index in [9.17, 15) is 47.5 Å². The molecule has 1 aromatic carbocycles. The summed E-state index contributed by atoms with van der Waals surface area (Å²) in [5.41, 5.74) is 4.98. The predicted molar refractivity (Wildman–Crippen MR) is 150 cm³/mol. The average Bonchev–Trinajstić information content (AvgIpc) is 3.56. The first-order valence-corrected chi connectivity index (χ1v) is 14.7. The number of oxime groups is 1. The maximum Gasteiger partial charge on any atom is 0.491 e. The zero-order valence-corrected chi connectivity index (χ0v) is 24.2. The van der Waals surface area contributed by atoms with Gasteiger partial charge in [0, 0.05) is 29.8 Å². The summed E-state index contributed by atoms with van der Waals surface area (Å²) in [6.45, 7) is 0.403. The summed E-state index contributed by atoms with van der Waals surface area (Å²) < 4.78 is 42.8. The van der Waals surface area contributed by atoms with Crippen molar-refractivity contribution in [2.45, 2.75) is 30.6 Å². The number of hydrogen-bond acceptors (Lipinski definition) is 13. The Morgan fingerprint density at radius 2 is 2.02 bits per heavy atom. The molecule has 45 heavy (non-hydrogen) atoms. The van der Waals surface area contributed by atoms with Gasteiger partial charge in [0.25, 0.3) is 11.8 Å². The minimum Gasteiger partial charge on any atom is -0.508 e. The standard InChI is InChI=1S/C26H21F3N6O8S2/c27-26(28,29)24(41)43-23(40)18-13(7-12-4-5-34(20(12)38)8-11-2-1-3-14(36)6-11)9-44-22-17(21(39)35(18)22)32-19(37)16(33-42)15-10-45-25(30)31-15/h1-3,6-7,10,17,22,36,42H,4-5,8-9H2,(H2,30,31)(H,32,37)/b12-7+,33-16-/t17-,22-/m1/s1. The monoisotopic (exact) mass is 666 g/mol. The van der Waals surface area contributed by atoms with Crippen molar-refractivity contribution in [3.05, 3.63) is 63.8 Å². The minimum absolute atomic E-state index is 0.00631. The zero-order valence-electron chi connectivity index (χ0n) is 22.6. The summed E-state index contributed by atoms with van der Waals surface area (Å²) >= 11 is 1.97. The number of rotatable bonds is 7. The molecule has 14 nitrogen and oxygen atoms in total. The summed E-state index contributed by atoms with van der Waals surface area (Å²) in [4.78, 5) is 69.7. The molecule has 3 aliphatic rings. The first-order chi connectivity index (χ1) is 21.3. The maximum atomic E-state index is 13.2. The van der Waals surface area contributed by atoms with Crippen LogP contribution in [0.3, 0.4) is 0 Å². The first kappa shape index (κ1) is 31.5. The maximum absolute atomic E-state index is 13.2. The lowest BCUT2D eigenvalue weighted by Gasteiger charge is -2.49. The molecular formula is C26H21F3N6O8S2. The highest BCUT2D eigenvalue weighted by atomic mass is 32.2. The van der Waals surface area contributed by atoms with Crippen LogP contribution in [-0.2, 0) is 35.3 Å². The number of aromatic nitrogens is 1. The van der Waals surface area contributed by atoms with Crippen LogP contribution in [0.4, 0.5) is 18.3 Å². The van der Waals surface area contributed by atoms with E-state index in [0.29, 0.717) is 5.56 Å². The lowest BCUT2D eigenvalue weighted by Crippen LogP contribution is -2.71. The van der Waals surface area contributed by atoms with Crippen molar-refractivity contribution in [2.75, 3.05) is 18.0 Å². The topological polar surface area (TPSA) is 205 Å². The van der Waals surface area contributed by atoms with Crippen molar-refractivity contribution < 1.29 is 52.2 Å². The second-order valence-electron chi connectivity index (χ2n) is 9.75. The number of thioether (sulfide) groups is 1. The number of β-lactam (4-membered cyclic amide) rings is 1. The number of alkyl halides is 3. The Balaban J connectivity index is 1.40. The number of hydrogen-bond donors (Lipinski definition) is 4. The molecule has 0 saturated carbocycles. The van der Waals surface area contributed by atoms with Crippen LogP contribution in [0, 0.1) is 0 Å². The zero-order chi connectivity index (χ0) is 32.6. The third-order valence-corrected chi connectivity index (χ3v) is 8.80. The quantitative estimate of drug-likeness (QED) is 0.0630. The Labute approximate surface area is 259 Å². The van der Waals surface area contributed by atoms with Gasteiger partial charge in [0.1, 0.15) is 28.6 Å². The predicted octanol–water partition coefficient (Wildman–Crippen LogP) is 1.25. The largest absolute Gasteiger partial charge is 0.508 e. The van der Waals surface area contributed by atoms with Gasteiger partial charge >= 0.3 is 18.1 Å². The lowest BCUT2D eigenvalue weighted by molar-refractivity contribution is -0.201. The van der Waals surface area contributed by atoms with Crippen LogP contribution in [0.15, 0.2) is 57.7 Å². The molecule has 2 saturated heterocycles. The molecule has 1 aromatic heterocycles. The van der Waals surface area contributed by atoms with Crippen LogP contribution in [-0.4, -0.2) is 90.4 Å². The molecule has 2 aromatic rings. The number of phenolic OH excluding ortho intramolecular Hbond substituents is 1. The highest BCUT2D eigenvalue weighted by Gasteiger charge is 2.55. The van der Waals surface area contributed by atoms with E-state index in [1.807, 2.05) is 0 Å². The second-order valence-corrected chi connectivity index (χ2v) is 11.7. The van der Waals surface area contributed by atoms with Gasteiger partial charge < -0.3 is 31.0 Å². The molecule has 4 heterocycles. The van der Waals surface area contributed by atoms with E-state index in [1.165, 1.54) is 28.5 Å². The molecule has 0 spiro atoms. The van der Waals surface area contributed by atoms with Gasteiger partial charge in [-0.3, -0.25) is 19.3 Å². The van der Waals surface area contributed by atoms with E-state index in [1.54, 1.807) is 12.1 Å². The number of anilines is 1. The van der Waals surface area contributed by atoms with Crippen molar-refractivity contribution in [1.29, 1.82) is 0 Å². The molecule has 3 amide bonds. The number of allylic oxidation sites excluding steroid dienone is 1. The number of likely N-dealkylation sites (tertiary alicyclic amines) is 1. The summed E-state index contributed by atoms with van der Waals surface area (Å²) in [7, 11) is 0. The molecule has 2 atom stereocenters. The average molecular weight is 667 g/mol. The van der Waals surface area contributed by atoms with Crippen LogP contribution in [0.5, 0.6) is 5.75 Å². The summed E-state index contributed by atoms with van der Waals surface area (Å²) in [6.07, 6.45) is -4.05. The SMILES string of the molecule is Nc1nc(/C(=N/O)C(=O)N[C@@H]2C(=O)N3C(C(=O)OC(=O)C(F)(F)F)=C(/C=C4\CCN(Cc5cccc(O)c5)C4=O)CS[C@H]23)cs1. The number of nitrogens with one attached hydrogen (secondary N) is 1. The lowest BCUT2D eigenvalue weighted by atomic mass is 10.0. The van der Waals surface area contributed by atoms with Crippen molar-refractivity contribution in [2.24, 2.45) is 5.16 Å². The van der Waals surface area contributed by atoms with Gasteiger partial charge in [-0.15, -0.1) is 23.1 Å². The molecule has 2 fully saturated rings. The fourth-order valence-corrected chi connectivity index (χ4v) is 6.64. The van der Waals surface area contributed by atoms with Crippen LogP contribution < -0.4 is 11.1 Å². The number of nitrogens with zero attached hydrogens (tertiary/aromatic N) is 4. The van der Waals surface area contributed by atoms with E-state index >= 15 is 0 Å². The van der Waals surface area contributed by atoms with E-state index in [4.69, 9.17) is 5.73 Å². The molecular weight excluding hydrogens is 645 g/mol. The molecule has 236 valence electrons. The summed E-state index contributed by atoms with van der Waals surface area (Å²) in [6, 6.07) is 4.93. The van der Waals surface area contributed by atoms with Crippen LogP contribution >= 0.6 is 23.1 Å². The van der Waals surface area contributed by atoms with Gasteiger partial charge in [-0.25, -0.2) is 14.6 Å². The molecule has 5 rings (SSSR count). The number of ether oxygens (including phenoxy) is 1. The number of benzene rings is 1. The number of carbonyl (C=O) groups is 5.